The van der Waals surface area contributed by atoms with Crippen molar-refractivity contribution in [2.24, 2.45) is 0 Å². The molecule has 1 aromatic carbocycles. The Bertz CT molecular complexity index is 285. The van der Waals surface area contributed by atoms with Crippen LogP contribution in [0.4, 0.5) is 4.39 Å². The molecule has 1 heterocycles. The van der Waals surface area contributed by atoms with Crippen LogP contribution in [0, 0.1) is 5.82 Å². The molecule has 0 aromatic heterocycles. The van der Waals surface area contributed by atoms with Gasteiger partial charge in [-0.05, 0) is 24.6 Å². The Morgan fingerprint density at radius 1 is 1.50 bits per heavy atom. The van der Waals surface area contributed by atoms with Gasteiger partial charge in [-0.3, -0.25) is 0 Å². The third kappa shape index (κ3) is 1.23. The van der Waals surface area contributed by atoms with Crippen molar-refractivity contribution in [3.05, 3.63) is 35.6 Å². The molecule has 1 aromatic rings. The quantitative estimate of drug-likeness (QED) is 0.670. The number of rotatable bonds is 1. The minimum absolute atomic E-state index is 0.133. The summed E-state index contributed by atoms with van der Waals surface area (Å²) in [7, 11) is 0. The van der Waals surface area contributed by atoms with Crippen LogP contribution in [0.2, 0.25) is 0 Å². The van der Waals surface area contributed by atoms with E-state index in [0.717, 1.165) is 12.1 Å². The zero-order valence-corrected chi connectivity index (χ0v) is 7.05. The highest BCUT2D eigenvalue weighted by atomic mass is 19.1. The van der Waals surface area contributed by atoms with Gasteiger partial charge in [-0.15, -0.1) is 0 Å². The molecule has 12 heavy (non-hydrogen) atoms. The Labute approximate surface area is 71.6 Å². The van der Waals surface area contributed by atoms with E-state index in [4.69, 9.17) is 0 Å². The van der Waals surface area contributed by atoms with Crippen LogP contribution in [-0.2, 0) is 0 Å². The lowest BCUT2D eigenvalue weighted by Gasteiger charge is -2.35. The molecule has 2 rings (SSSR count). The number of nitrogens with one attached hydrogen (secondary N) is 1. The first-order valence-corrected chi connectivity index (χ1v) is 4.26. The van der Waals surface area contributed by atoms with Crippen LogP contribution in [0.25, 0.3) is 0 Å². The molecule has 0 saturated carbocycles. The van der Waals surface area contributed by atoms with E-state index in [2.05, 4.69) is 12.2 Å². The van der Waals surface area contributed by atoms with Crippen LogP contribution in [0.15, 0.2) is 24.3 Å². The van der Waals surface area contributed by atoms with Gasteiger partial charge in [-0.1, -0.05) is 12.1 Å². The number of halogens is 1. The van der Waals surface area contributed by atoms with Gasteiger partial charge in [0.25, 0.3) is 0 Å². The zero-order chi connectivity index (χ0) is 8.55. The third-order valence-corrected chi connectivity index (χ3v) is 2.54. The summed E-state index contributed by atoms with van der Waals surface area (Å²) >= 11 is 0. The first-order chi connectivity index (χ1) is 5.77. The predicted octanol–water partition coefficient (Wildman–Crippen LogP) is 1.90. The fraction of sp³-hybridized carbons (Fsp3) is 0.400. The fourth-order valence-corrected chi connectivity index (χ4v) is 1.62. The van der Waals surface area contributed by atoms with Gasteiger partial charge < -0.3 is 5.32 Å². The Morgan fingerprint density at radius 2 is 2.33 bits per heavy atom. The van der Waals surface area contributed by atoms with Crippen molar-refractivity contribution in [3.63, 3.8) is 0 Å². The second kappa shape index (κ2) is 2.87. The average molecular weight is 165 g/mol. The first kappa shape index (κ1) is 7.74. The zero-order valence-electron chi connectivity index (χ0n) is 7.05. The summed E-state index contributed by atoms with van der Waals surface area (Å²) in [6.07, 6.45) is 0. The van der Waals surface area contributed by atoms with E-state index < -0.39 is 0 Å². The maximum absolute atomic E-state index is 12.8. The molecule has 0 spiro atoms. The average Bonchev–Trinajstić information content (AvgIpc) is 2.02. The molecule has 1 nitrogen and oxygen atoms in total. The molecule has 0 bridgehead atoms. The summed E-state index contributed by atoms with van der Waals surface area (Å²) in [6.45, 7) is 3.10. The van der Waals surface area contributed by atoms with Gasteiger partial charge in [-0.25, -0.2) is 4.39 Å². The van der Waals surface area contributed by atoms with Crippen molar-refractivity contribution in [1.29, 1.82) is 0 Å². The lowest BCUT2D eigenvalue weighted by atomic mass is 9.86. The summed E-state index contributed by atoms with van der Waals surface area (Å²) in [4.78, 5) is 0. The van der Waals surface area contributed by atoms with Crippen molar-refractivity contribution in [2.45, 2.75) is 18.9 Å². The molecule has 1 aliphatic heterocycles. The van der Waals surface area contributed by atoms with Crippen LogP contribution in [0.3, 0.4) is 0 Å². The topological polar surface area (TPSA) is 12.0 Å². The Morgan fingerprint density at radius 3 is 2.83 bits per heavy atom. The first-order valence-electron chi connectivity index (χ1n) is 4.26. The van der Waals surface area contributed by atoms with Crippen molar-refractivity contribution < 1.29 is 4.39 Å². The maximum atomic E-state index is 12.8. The molecule has 1 N–H and O–H groups in total. The number of hydrogen-bond acceptors (Lipinski definition) is 1. The van der Waals surface area contributed by atoms with Gasteiger partial charge in [0.2, 0.25) is 0 Å². The highest BCUT2D eigenvalue weighted by Crippen LogP contribution is 2.25. The SMILES string of the molecule is CC1NCC1c1cccc(F)c1. The van der Waals surface area contributed by atoms with Crippen LogP contribution < -0.4 is 5.32 Å². The Balaban J connectivity index is 2.22. The van der Waals surface area contributed by atoms with Crippen molar-refractivity contribution in [2.75, 3.05) is 6.54 Å². The summed E-state index contributed by atoms with van der Waals surface area (Å²) in [5.74, 6) is 0.368. The van der Waals surface area contributed by atoms with Gasteiger partial charge in [0.1, 0.15) is 5.82 Å². The van der Waals surface area contributed by atoms with Gasteiger partial charge in [0.15, 0.2) is 0 Å². The molecule has 2 atom stereocenters. The molecule has 0 radical (unpaired) electrons. The normalized spacial score (nSPS) is 28.2. The monoisotopic (exact) mass is 165 g/mol. The van der Waals surface area contributed by atoms with Crippen LogP contribution in [0.1, 0.15) is 18.4 Å². The molecule has 2 heteroatoms. The molecule has 1 saturated heterocycles. The summed E-state index contributed by atoms with van der Waals surface area (Å²) in [5.41, 5.74) is 1.11. The molecule has 64 valence electrons. The number of benzene rings is 1. The summed E-state index contributed by atoms with van der Waals surface area (Å²) in [5, 5.41) is 3.25. The maximum Gasteiger partial charge on any atom is 0.123 e. The minimum Gasteiger partial charge on any atom is -0.313 e. The van der Waals surface area contributed by atoms with E-state index in [0.29, 0.717) is 12.0 Å². The standard InChI is InChI=1S/C10H12FN/c1-7-10(6-12-7)8-3-2-4-9(11)5-8/h2-5,7,10,12H,6H2,1H3. The molecule has 0 amide bonds. The van der Waals surface area contributed by atoms with Gasteiger partial charge in [-0.2, -0.15) is 0 Å². The van der Waals surface area contributed by atoms with Crippen LogP contribution in [0.5, 0.6) is 0 Å². The predicted molar refractivity (Wildman–Crippen MR) is 46.6 cm³/mol. The van der Waals surface area contributed by atoms with E-state index in [1.54, 1.807) is 12.1 Å². The summed E-state index contributed by atoms with van der Waals surface area (Å²) < 4.78 is 12.8. The highest BCUT2D eigenvalue weighted by Gasteiger charge is 2.27. The smallest absolute Gasteiger partial charge is 0.123 e. The van der Waals surface area contributed by atoms with Gasteiger partial charge in [0, 0.05) is 18.5 Å². The molecule has 2 unspecified atom stereocenters. The van der Waals surface area contributed by atoms with Crippen molar-refractivity contribution >= 4 is 0 Å². The Kier molecular flexibility index (Phi) is 1.85. The van der Waals surface area contributed by atoms with Crippen molar-refractivity contribution in [1.82, 2.24) is 5.32 Å². The molecular formula is C10H12FN. The van der Waals surface area contributed by atoms with E-state index >= 15 is 0 Å². The largest absolute Gasteiger partial charge is 0.313 e. The van der Waals surface area contributed by atoms with E-state index in [1.807, 2.05) is 6.07 Å². The lowest BCUT2D eigenvalue weighted by Crippen LogP contribution is -2.48. The van der Waals surface area contributed by atoms with Crippen LogP contribution >= 0.6 is 0 Å². The van der Waals surface area contributed by atoms with Gasteiger partial charge >= 0.3 is 0 Å². The minimum atomic E-state index is -0.133. The third-order valence-electron chi connectivity index (χ3n) is 2.54. The molecule has 1 fully saturated rings. The lowest BCUT2D eigenvalue weighted by molar-refractivity contribution is 0.333. The van der Waals surface area contributed by atoms with E-state index in [9.17, 15) is 4.39 Å². The highest BCUT2D eigenvalue weighted by molar-refractivity contribution is 5.25. The molecule has 1 aliphatic rings. The van der Waals surface area contributed by atoms with E-state index in [-0.39, 0.29) is 5.82 Å². The second-order valence-corrected chi connectivity index (χ2v) is 3.36. The molecule has 0 aliphatic carbocycles. The van der Waals surface area contributed by atoms with Crippen molar-refractivity contribution in [3.8, 4) is 0 Å². The van der Waals surface area contributed by atoms with Gasteiger partial charge in [0.05, 0.1) is 0 Å². The fourth-order valence-electron chi connectivity index (χ4n) is 1.62. The van der Waals surface area contributed by atoms with E-state index in [1.165, 1.54) is 6.07 Å². The Hall–Kier alpha value is -0.890. The molecular weight excluding hydrogens is 153 g/mol. The summed E-state index contributed by atoms with van der Waals surface area (Å²) in [6, 6.07) is 7.37. The number of hydrogen-bond donors (Lipinski definition) is 1. The van der Waals surface area contributed by atoms with Crippen LogP contribution in [-0.4, -0.2) is 12.6 Å². The second-order valence-electron chi connectivity index (χ2n) is 3.36.